The molecular weight excluding hydrogens is 260 g/mol. The Kier molecular flexibility index (Phi) is 5.37. The molecule has 0 aliphatic carbocycles. The molecule has 0 saturated carbocycles. The van der Waals surface area contributed by atoms with Gasteiger partial charge in [-0.1, -0.05) is 6.07 Å². The number of amides is 1. The Morgan fingerprint density at radius 3 is 2.74 bits per heavy atom. The molecular formula is C12H13F2NO4. The Morgan fingerprint density at radius 1 is 1.53 bits per heavy atom. The molecule has 2 N–H and O–H groups in total. The second-order valence-electron chi connectivity index (χ2n) is 3.62. The van der Waals surface area contributed by atoms with E-state index in [-0.39, 0.29) is 18.6 Å². The fourth-order valence-corrected chi connectivity index (χ4v) is 1.51. The Balaban J connectivity index is 3.01. The molecule has 0 fully saturated rings. The van der Waals surface area contributed by atoms with Gasteiger partial charge in [0.1, 0.15) is 17.7 Å². The van der Waals surface area contributed by atoms with Crippen molar-refractivity contribution in [3.8, 4) is 0 Å². The van der Waals surface area contributed by atoms with E-state index in [1.807, 2.05) is 5.32 Å². The molecule has 5 nitrogen and oxygen atoms in total. The molecule has 0 spiro atoms. The topological polar surface area (TPSA) is 75.6 Å². The van der Waals surface area contributed by atoms with Crippen LogP contribution in [0.5, 0.6) is 0 Å². The van der Waals surface area contributed by atoms with Gasteiger partial charge in [-0.2, -0.15) is 0 Å². The van der Waals surface area contributed by atoms with Crippen molar-refractivity contribution < 1.29 is 28.2 Å². The highest BCUT2D eigenvalue weighted by Gasteiger charge is 2.30. The van der Waals surface area contributed by atoms with Crippen LogP contribution < -0.4 is 5.32 Å². The summed E-state index contributed by atoms with van der Waals surface area (Å²) in [7, 11) is 0. The SMILES string of the molecule is CCOC(=O)C(NC=O)C(O)c1ccc(F)cc1F. The first-order chi connectivity index (χ1) is 9.01. The van der Waals surface area contributed by atoms with E-state index in [4.69, 9.17) is 0 Å². The highest BCUT2D eigenvalue weighted by molar-refractivity contribution is 5.79. The molecule has 0 aliphatic heterocycles. The first-order valence-corrected chi connectivity index (χ1v) is 5.50. The van der Waals surface area contributed by atoms with Crippen molar-refractivity contribution in [2.45, 2.75) is 19.1 Å². The quantitative estimate of drug-likeness (QED) is 0.590. The predicted octanol–water partition coefficient (Wildman–Crippen LogP) is 0.676. The van der Waals surface area contributed by atoms with Crippen molar-refractivity contribution >= 4 is 12.4 Å². The largest absolute Gasteiger partial charge is 0.464 e. The van der Waals surface area contributed by atoms with Crippen LogP contribution in [0.3, 0.4) is 0 Å². The minimum Gasteiger partial charge on any atom is -0.464 e. The minimum atomic E-state index is -1.68. The third-order valence-electron chi connectivity index (χ3n) is 2.39. The number of rotatable bonds is 6. The van der Waals surface area contributed by atoms with Crippen molar-refractivity contribution in [1.82, 2.24) is 5.32 Å². The van der Waals surface area contributed by atoms with Crippen LogP contribution in [0.1, 0.15) is 18.6 Å². The number of ether oxygens (including phenoxy) is 1. The van der Waals surface area contributed by atoms with Crippen LogP contribution in [0.15, 0.2) is 18.2 Å². The van der Waals surface area contributed by atoms with E-state index < -0.39 is 29.7 Å². The smallest absolute Gasteiger partial charge is 0.331 e. The van der Waals surface area contributed by atoms with Crippen molar-refractivity contribution in [3.05, 3.63) is 35.4 Å². The van der Waals surface area contributed by atoms with Gasteiger partial charge in [0.2, 0.25) is 6.41 Å². The van der Waals surface area contributed by atoms with Crippen LogP contribution in [0, 0.1) is 11.6 Å². The molecule has 0 saturated heterocycles. The molecule has 0 heterocycles. The molecule has 0 aromatic heterocycles. The Bertz CT molecular complexity index is 467. The van der Waals surface area contributed by atoms with E-state index in [0.717, 1.165) is 12.1 Å². The summed E-state index contributed by atoms with van der Waals surface area (Å²) in [5.74, 6) is -2.75. The molecule has 1 aromatic carbocycles. The van der Waals surface area contributed by atoms with Crippen LogP contribution in [0.2, 0.25) is 0 Å². The molecule has 2 atom stereocenters. The number of esters is 1. The first-order valence-electron chi connectivity index (χ1n) is 5.50. The summed E-state index contributed by atoms with van der Waals surface area (Å²) in [6, 6.07) is 1.04. The second-order valence-corrected chi connectivity index (χ2v) is 3.62. The summed E-state index contributed by atoms with van der Waals surface area (Å²) in [4.78, 5) is 21.9. The van der Waals surface area contributed by atoms with Crippen molar-refractivity contribution in [1.29, 1.82) is 0 Å². The summed E-state index contributed by atoms with van der Waals surface area (Å²) in [5.41, 5.74) is -0.311. The molecule has 104 valence electrons. The van der Waals surface area contributed by atoms with Gasteiger partial charge in [-0.3, -0.25) is 4.79 Å². The van der Waals surface area contributed by atoms with Crippen LogP contribution in [-0.4, -0.2) is 30.1 Å². The lowest BCUT2D eigenvalue weighted by atomic mass is 10.0. The summed E-state index contributed by atoms with van der Waals surface area (Å²) in [6.45, 7) is 1.58. The number of carbonyl (C=O) groups is 2. The molecule has 7 heteroatoms. The maximum absolute atomic E-state index is 13.5. The average molecular weight is 273 g/mol. The van der Waals surface area contributed by atoms with E-state index in [9.17, 15) is 23.5 Å². The molecule has 1 rings (SSSR count). The van der Waals surface area contributed by atoms with E-state index in [0.29, 0.717) is 6.07 Å². The van der Waals surface area contributed by atoms with Gasteiger partial charge in [-0.15, -0.1) is 0 Å². The van der Waals surface area contributed by atoms with Gasteiger partial charge in [0, 0.05) is 11.6 Å². The van der Waals surface area contributed by atoms with Crippen molar-refractivity contribution in [2.75, 3.05) is 6.61 Å². The van der Waals surface area contributed by atoms with Crippen LogP contribution in [-0.2, 0) is 14.3 Å². The van der Waals surface area contributed by atoms with Gasteiger partial charge in [0.25, 0.3) is 0 Å². The molecule has 0 aliphatic rings. The number of aliphatic hydroxyl groups is 1. The lowest BCUT2D eigenvalue weighted by Crippen LogP contribution is -2.42. The Labute approximate surface area is 108 Å². The molecule has 0 bridgehead atoms. The lowest BCUT2D eigenvalue weighted by molar-refractivity contribution is -0.149. The molecule has 19 heavy (non-hydrogen) atoms. The average Bonchev–Trinajstić information content (AvgIpc) is 2.35. The van der Waals surface area contributed by atoms with Gasteiger partial charge in [0.05, 0.1) is 6.61 Å². The highest BCUT2D eigenvalue weighted by atomic mass is 19.1. The van der Waals surface area contributed by atoms with Crippen LogP contribution >= 0.6 is 0 Å². The van der Waals surface area contributed by atoms with Gasteiger partial charge >= 0.3 is 5.97 Å². The number of nitrogens with one attached hydrogen (secondary N) is 1. The van der Waals surface area contributed by atoms with Gasteiger partial charge < -0.3 is 15.2 Å². The first kappa shape index (κ1) is 15.0. The summed E-state index contributed by atoms with van der Waals surface area (Å²) < 4.78 is 30.9. The van der Waals surface area contributed by atoms with Gasteiger partial charge in [-0.05, 0) is 13.0 Å². The maximum Gasteiger partial charge on any atom is 0.331 e. The van der Waals surface area contributed by atoms with Gasteiger partial charge in [-0.25, -0.2) is 13.6 Å². The maximum atomic E-state index is 13.5. The normalized spacial score (nSPS) is 13.5. The number of hydrogen-bond acceptors (Lipinski definition) is 4. The predicted molar refractivity (Wildman–Crippen MR) is 60.9 cm³/mol. The number of carbonyl (C=O) groups excluding carboxylic acids is 2. The zero-order valence-electron chi connectivity index (χ0n) is 10.1. The zero-order valence-corrected chi connectivity index (χ0v) is 10.1. The van der Waals surface area contributed by atoms with Crippen molar-refractivity contribution in [3.63, 3.8) is 0 Å². The number of benzene rings is 1. The summed E-state index contributed by atoms with van der Waals surface area (Å²) in [6.07, 6.45) is -1.49. The summed E-state index contributed by atoms with van der Waals surface area (Å²) >= 11 is 0. The summed E-state index contributed by atoms with van der Waals surface area (Å²) in [5, 5.41) is 11.9. The lowest BCUT2D eigenvalue weighted by Gasteiger charge is -2.21. The second kappa shape index (κ2) is 6.79. The number of hydrogen-bond donors (Lipinski definition) is 2. The molecule has 0 radical (unpaired) electrons. The van der Waals surface area contributed by atoms with E-state index in [2.05, 4.69) is 4.74 Å². The van der Waals surface area contributed by atoms with Crippen molar-refractivity contribution in [2.24, 2.45) is 0 Å². The molecule has 1 aromatic rings. The van der Waals surface area contributed by atoms with Gasteiger partial charge in [0.15, 0.2) is 6.04 Å². The van der Waals surface area contributed by atoms with Crippen LogP contribution in [0.4, 0.5) is 8.78 Å². The van der Waals surface area contributed by atoms with E-state index >= 15 is 0 Å². The zero-order chi connectivity index (χ0) is 14.4. The number of aliphatic hydroxyl groups excluding tert-OH is 1. The Hall–Kier alpha value is -2.02. The monoisotopic (exact) mass is 273 g/mol. The van der Waals surface area contributed by atoms with Crippen LogP contribution in [0.25, 0.3) is 0 Å². The molecule has 2 unspecified atom stereocenters. The standard InChI is InChI=1S/C12H13F2NO4/c1-2-19-12(18)10(15-6-16)11(17)8-4-3-7(13)5-9(8)14/h3-6,10-11,17H,2H2,1H3,(H,15,16). The fourth-order valence-electron chi connectivity index (χ4n) is 1.51. The highest BCUT2D eigenvalue weighted by Crippen LogP contribution is 2.21. The van der Waals surface area contributed by atoms with E-state index in [1.165, 1.54) is 0 Å². The number of halogens is 2. The third kappa shape index (κ3) is 3.72. The fraction of sp³-hybridized carbons (Fsp3) is 0.333. The molecule has 1 amide bonds. The Morgan fingerprint density at radius 2 is 2.21 bits per heavy atom. The van der Waals surface area contributed by atoms with E-state index in [1.54, 1.807) is 6.92 Å². The minimum absolute atomic E-state index is 0.0362. The third-order valence-corrected chi connectivity index (χ3v) is 2.39.